The Bertz CT molecular complexity index is 1190. The number of anilines is 1. The molecule has 0 radical (unpaired) electrons. The van der Waals surface area contributed by atoms with E-state index in [-0.39, 0.29) is 21.7 Å². The van der Waals surface area contributed by atoms with Gasteiger partial charge < -0.3 is 10.1 Å². The highest BCUT2D eigenvalue weighted by Crippen LogP contribution is 2.33. The Morgan fingerprint density at radius 1 is 1.12 bits per heavy atom. The lowest BCUT2D eigenvalue weighted by Crippen LogP contribution is -2.16. The standard InChI is InChI=1S/C21H17Cl5N4O2S/c1-3-6-30-20(11(2)32-18-5-4-12(22)7-16(18)26)28-29-21(30)33-10-19(31)27-17-9-14(24)13(23)8-15(17)25/h3-5,7-9,11H,1,6,10H2,2H3,(H,27,31). The molecule has 1 atom stereocenters. The SMILES string of the molecule is C=CCn1c(SCC(=O)Nc2cc(Cl)c(Cl)cc2Cl)nnc1C(C)Oc1ccc(Cl)cc1Cl. The lowest BCUT2D eigenvalue weighted by atomic mass is 10.3. The molecule has 174 valence electrons. The highest BCUT2D eigenvalue weighted by Gasteiger charge is 2.21. The van der Waals surface area contributed by atoms with Crippen LogP contribution >= 0.6 is 69.8 Å². The number of nitrogens with one attached hydrogen (secondary N) is 1. The molecule has 1 heterocycles. The Morgan fingerprint density at radius 3 is 2.55 bits per heavy atom. The summed E-state index contributed by atoms with van der Waals surface area (Å²) in [7, 11) is 0. The highest BCUT2D eigenvalue weighted by molar-refractivity contribution is 7.99. The van der Waals surface area contributed by atoms with Crippen LogP contribution in [0.1, 0.15) is 18.9 Å². The molecular formula is C21H17Cl5N4O2S. The van der Waals surface area contributed by atoms with Crippen molar-refractivity contribution in [2.24, 2.45) is 0 Å². The van der Waals surface area contributed by atoms with E-state index in [9.17, 15) is 4.79 Å². The predicted octanol–water partition coefficient (Wildman–Crippen LogP) is 7.60. The molecule has 1 aromatic heterocycles. The normalized spacial score (nSPS) is 11.8. The van der Waals surface area contributed by atoms with Gasteiger partial charge in [-0.15, -0.1) is 16.8 Å². The maximum Gasteiger partial charge on any atom is 0.234 e. The van der Waals surface area contributed by atoms with E-state index in [1.165, 1.54) is 23.9 Å². The molecule has 1 N–H and O–H groups in total. The summed E-state index contributed by atoms with van der Waals surface area (Å²) in [5.41, 5.74) is 0.367. The molecule has 0 fully saturated rings. The fraction of sp³-hybridized carbons (Fsp3) is 0.190. The van der Waals surface area contributed by atoms with E-state index in [0.29, 0.717) is 44.0 Å². The van der Waals surface area contributed by atoms with Crippen molar-refractivity contribution in [1.29, 1.82) is 0 Å². The van der Waals surface area contributed by atoms with Crippen LogP contribution in [-0.2, 0) is 11.3 Å². The predicted molar refractivity (Wildman–Crippen MR) is 137 cm³/mol. The van der Waals surface area contributed by atoms with Crippen molar-refractivity contribution in [3.63, 3.8) is 0 Å². The van der Waals surface area contributed by atoms with Gasteiger partial charge in [-0.3, -0.25) is 9.36 Å². The number of hydrogen-bond donors (Lipinski definition) is 1. The fourth-order valence-electron chi connectivity index (χ4n) is 2.76. The molecule has 3 rings (SSSR count). The average Bonchev–Trinajstić information content (AvgIpc) is 3.15. The summed E-state index contributed by atoms with van der Waals surface area (Å²) in [6.07, 6.45) is 1.23. The van der Waals surface area contributed by atoms with Crippen LogP contribution in [0.15, 0.2) is 48.1 Å². The van der Waals surface area contributed by atoms with Gasteiger partial charge in [-0.1, -0.05) is 75.8 Å². The van der Waals surface area contributed by atoms with Crippen LogP contribution in [0.25, 0.3) is 0 Å². The van der Waals surface area contributed by atoms with Crippen molar-refractivity contribution in [2.75, 3.05) is 11.1 Å². The van der Waals surface area contributed by atoms with Gasteiger partial charge in [0.2, 0.25) is 5.91 Å². The summed E-state index contributed by atoms with van der Waals surface area (Å²) < 4.78 is 7.76. The molecule has 0 aliphatic heterocycles. The van der Waals surface area contributed by atoms with Gasteiger partial charge in [0.1, 0.15) is 5.75 Å². The first kappa shape index (κ1) is 26.0. The number of halogens is 5. The van der Waals surface area contributed by atoms with Gasteiger partial charge >= 0.3 is 0 Å². The van der Waals surface area contributed by atoms with Crippen molar-refractivity contribution in [1.82, 2.24) is 14.8 Å². The zero-order chi connectivity index (χ0) is 24.1. The summed E-state index contributed by atoms with van der Waals surface area (Å²) >= 11 is 31.4. The molecule has 0 saturated carbocycles. The number of benzene rings is 2. The first-order chi connectivity index (χ1) is 15.7. The van der Waals surface area contributed by atoms with Crippen molar-refractivity contribution in [2.45, 2.75) is 24.7 Å². The number of thioether (sulfide) groups is 1. The van der Waals surface area contributed by atoms with E-state index >= 15 is 0 Å². The number of aromatic nitrogens is 3. The third-order valence-corrected chi connectivity index (χ3v) is 6.77. The Morgan fingerprint density at radius 2 is 1.85 bits per heavy atom. The minimum Gasteiger partial charge on any atom is -0.481 e. The largest absolute Gasteiger partial charge is 0.481 e. The van der Waals surface area contributed by atoms with Crippen LogP contribution < -0.4 is 10.1 Å². The molecule has 1 unspecified atom stereocenters. The number of carbonyl (C=O) groups excluding carboxylic acids is 1. The van der Waals surface area contributed by atoms with Crippen LogP contribution in [0.4, 0.5) is 5.69 Å². The molecule has 0 aliphatic carbocycles. The Kier molecular flexibility index (Phi) is 9.21. The van der Waals surface area contributed by atoms with E-state index < -0.39 is 6.10 Å². The number of hydrogen-bond acceptors (Lipinski definition) is 5. The van der Waals surface area contributed by atoms with Crippen molar-refractivity contribution in [3.05, 3.63) is 73.9 Å². The number of amides is 1. The van der Waals surface area contributed by atoms with Gasteiger partial charge in [0.15, 0.2) is 17.1 Å². The summed E-state index contributed by atoms with van der Waals surface area (Å²) in [6, 6.07) is 7.93. The topological polar surface area (TPSA) is 69.0 Å². The summed E-state index contributed by atoms with van der Waals surface area (Å²) in [5.74, 6) is 0.779. The van der Waals surface area contributed by atoms with E-state index in [2.05, 4.69) is 22.1 Å². The van der Waals surface area contributed by atoms with Gasteiger partial charge in [-0.05, 0) is 37.3 Å². The van der Waals surface area contributed by atoms with E-state index in [1.54, 1.807) is 24.3 Å². The van der Waals surface area contributed by atoms with E-state index in [4.69, 9.17) is 62.7 Å². The Labute approximate surface area is 220 Å². The average molecular weight is 567 g/mol. The van der Waals surface area contributed by atoms with Gasteiger partial charge in [0.05, 0.1) is 31.5 Å². The quantitative estimate of drug-likeness (QED) is 0.164. The Balaban J connectivity index is 1.70. The third-order valence-electron chi connectivity index (χ3n) is 4.23. The molecule has 33 heavy (non-hydrogen) atoms. The van der Waals surface area contributed by atoms with Crippen molar-refractivity contribution >= 4 is 81.4 Å². The van der Waals surface area contributed by atoms with Crippen LogP contribution in [0, 0.1) is 0 Å². The molecular weight excluding hydrogens is 550 g/mol. The monoisotopic (exact) mass is 564 g/mol. The molecule has 0 spiro atoms. The molecule has 0 saturated heterocycles. The third kappa shape index (κ3) is 6.72. The van der Waals surface area contributed by atoms with E-state index in [0.717, 1.165) is 0 Å². The number of carbonyl (C=O) groups is 1. The van der Waals surface area contributed by atoms with Gasteiger partial charge in [0.25, 0.3) is 0 Å². The van der Waals surface area contributed by atoms with E-state index in [1.807, 2.05) is 11.5 Å². The van der Waals surface area contributed by atoms with Crippen LogP contribution in [-0.4, -0.2) is 26.4 Å². The number of rotatable bonds is 9. The lowest BCUT2D eigenvalue weighted by molar-refractivity contribution is -0.113. The van der Waals surface area contributed by atoms with Gasteiger partial charge in [-0.25, -0.2) is 0 Å². The number of nitrogens with zero attached hydrogens (tertiary/aromatic N) is 3. The highest BCUT2D eigenvalue weighted by atomic mass is 35.5. The minimum absolute atomic E-state index is 0.0596. The maximum absolute atomic E-state index is 12.5. The zero-order valence-corrected chi connectivity index (χ0v) is 21.7. The second-order valence-corrected chi connectivity index (χ2v) is 9.67. The molecule has 3 aromatic rings. The zero-order valence-electron chi connectivity index (χ0n) is 17.1. The molecule has 0 aliphatic rings. The smallest absolute Gasteiger partial charge is 0.234 e. The first-order valence-electron chi connectivity index (χ1n) is 9.42. The van der Waals surface area contributed by atoms with Gasteiger partial charge in [0, 0.05) is 11.6 Å². The van der Waals surface area contributed by atoms with Crippen molar-refractivity contribution in [3.8, 4) is 5.75 Å². The molecule has 1 amide bonds. The summed E-state index contributed by atoms with van der Waals surface area (Å²) in [5, 5.41) is 13.4. The second-order valence-electron chi connectivity index (χ2n) is 6.66. The van der Waals surface area contributed by atoms with Crippen LogP contribution in [0.3, 0.4) is 0 Å². The van der Waals surface area contributed by atoms with Crippen LogP contribution in [0.2, 0.25) is 25.1 Å². The van der Waals surface area contributed by atoms with Crippen LogP contribution in [0.5, 0.6) is 5.75 Å². The summed E-state index contributed by atoms with van der Waals surface area (Å²) in [4.78, 5) is 12.5. The lowest BCUT2D eigenvalue weighted by Gasteiger charge is -2.16. The molecule has 2 aromatic carbocycles. The number of ether oxygens (including phenoxy) is 1. The summed E-state index contributed by atoms with van der Waals surface area (Å²) in [6.45, 7) is 6.03. The number of allylic oxidation sites excluding steroid dienone is 1. The van der Waals surface area contributed by atoms with Crippen molar-refractivity contribution < 1.29 is 9.53 Å². The Hall–Kier alpha value is -1.61. The first-order valence-corrected chi connectivity index (χ1v) is 12.3. The molecule has 0 bridgehead atoms. The maximum atomic E-state index is 12.5. The molecule has 6 nitrogen and oxygen atoms in total. The fourth-order valence-corrected chi connectivity index (χ4v) is 4.56. The van der Waals surface area contributed by atoms with Gasteiger partial charge in [-0.2, -0.15) is 0 Å². The minimum atomic E-state index is -0.477. The second kappa shape index (κ2) is 11.7. The molecule has 12 heteroatoms.